The quantitative estimate of drug-likeness (QED) is 0.0156. The summed E-state index contributed by atoms with van der Waals surface area (Å²) in [6.45, 7) is 10.2. The number of nitrogens with one attached hydrogen (secondary N) is 1. The molecule has 12 unspecified atom stereocenters. The summed E-state index contributed by atoms with van der Waals surface area (Å²) in [7, 11) is 4.01. The van der Waals surface area contributed by atoms with Gasteiger partial charge in [-0.25, -0.2) is 9.59 Å². The molecule has 532 valence electrons. The normalized spacial score (nSPS) is 36.0. The van der Waals surface area contributed by atoms with Crippen molar-refractivity contribution in [3.63, 3.8) is 0 Å². The lowest BCUT2D eigenvalue weighted by atomic mass is 9.94. The largest absolute Gasteiger partial charge is 0.465 e. The van der Waals surface area contributed by atoms with Crippen LogP contribution in [0, 0.1) is 17.8 Å². The molecule has 5 fully saturated rings. The van der Waals surface area contributed by atoms with E-state index in [1.54, 1.807) is 39.8 Å². The summed E-state index contributed by atoms with van der Waals surface area (Å²) in [6, 6.07) is 6.16. The minimum atomic E-state index is -1.87. The average Bonchev–Trinajstić information content (AvgIpc) is 0.832. The van der Waals surface area contributed by atoms with E-state index < -0.39 is 190 Å². The first-order valence-electron chi connectivity index (χ1n) is 30.1. The standard InChI is InChI=1S/C40H59NO21S.C19H34O10S/c1-7-55-39-31(48)33(61-35(50)18(2)3)28(45)24(60-39)16-56-38-30(47)29(46)26(43)23(59-38)15-57-40-32(49)34(27(44)22(58-40)14-53-5)62-36(51)19(4)17-63-13-12-25(42)41-21-10-8-20(9-11-21)37(52)54-6;1-9-5-26-11(14(21)13(9)20)7-27-19-16(23)17(15(22)12(28-19)6-25-3)29-18(24)10(2)8-30-4/h8-11,19,22-24,26-34,38-40,43-49H,2,7,12-17H2,1,3-6H3,(H,41,42);9-17,19-23H,5-8H2,1-4H3/t19?,22?,23?,24?,26-,27-,28-,29+,30?,31?,32?,33+,34+,38+,39+,40+;9?,10?,11?,12?,13-,14-,15-,16?,17+,19+/m11/s1. The number of benzene rings is 1. The summed E-state index contributed by atoms with van der Waals surface area (Å²) in [6.07, 6.45) is -31.1. The van der Waals surface area contributed by atoms with Crippen LogP contribution >= 0.6 is 23.5 Å². The van der Waals surface area contributed by atoms with Gasteiger partial charge in [-0.1, -0.05) is 27.4 Å². The second-order valence-electron chi connectivity index (χ2n) is 22.9. The molecule has 26 atom stereocenters. The Balaban J connectivity index is 0.000000435. The topological polar surface area (TPSA) is 458 Å². The minimum Gasteiger partial charge on any atom is -0.465 e. The third-order valence-corrected chi connectivity index (χ3v) is 17.6. The molecule has 0 radical (unpaired) electrons. The number of aliphatic hydroxyl groups excluding tert-OH is 11. The zero-order valence-electron chi connectivity index (χ0n) is 53.2. The fourth-order valence-corrected chi connectivity index (χ4v) is 11.6. The summed E-state index contributed by atoms with van der Waals surface area (Å²) in [5, 5.41) is 120. The van der Waals surface area contributed by atoms with E-state index in [-0.39, 0.29) is 62.6 Å². The molecule has 5 heterocycles. The maximum Gasteiger partial charge on any atom is 0.337 e. The summed E-state index contributed by atoms with van der Waals surface area (Å²) in [5.41, 5.74) is 0.808. The maximum atomic E-state index is 13.2. The van der Waals surface area contributed by atoms with Crippen molar-refractivity contribution in [3.05, 3.63) is 42.0 Å². The van der Waals surface area contributed by atoms with Gasteiger partial charge in [0, 0.05) is 61.7 Å². The molecule has 0 saturated carbocycles. The molecule has 34 heteroatoms. The smallest absolute Gasteiger partial charge is 0.337 e. The Hall–Kier alpha value is -3.87. The lowest BCUT2D eigenvalue weighted by Gasteiger charge is -2.44. The van der Waals surface area contributed by atoms with Crippen LogP contribution in [0.2, 0.25) is 0 Å². The van der Waals surface area contributed by atoms with Crippen LogP contribution in [0.4, 0.5) is 5.69 Å². The summed E-state index contributed by atoms with van der Waals surface area (Å²) in [5.74, 6) is -3.34. The number of hydrogen-bond donors (Lipinski definition) is 12. The molecule has 1 aromatic rings. The van der Waals surface area contributed by atoms with E-state index in [2.05, 4.69) is 16.6 Å². The summed E-state index contributed by atoms with van der Waals surface area (Å²) < 4.78 is 81.6. The number of thioether (sulfide) groups is 2. The Kier molecular flexibility index (Phi) is 33.4. The third-order valence-electron chi connectivity index (χ3n) is 15.5. The van der Waals surface area contributed by atoms with Crippen LogP contribution in [0.15, 0.2) is 36.4 Å². The number of carbonyl (C=O) groups excluding carboxylic acids is 5. The number of esters is 4. The number of amides is 1. The van der Waals surface area contributed by atoms with Gasteiger partial charge in [0.05, 0.1) is 70.3 Å². The number of methoxy groups -OCH3 is 3. The molecule has 32 nitrogen and oxygen atoms in total. The van der Waals surface area contributed by atoms with Gasteiger partial charge >= 0.3 is 23.9 Å². The predicted octanol–water partition coefficient (Wildman–Crippen LogP) is -3.25. The molecule has 1 aromatic carbocycles. The van der Waals surface area contributed by atoms with Gasteiger partial charge in [0.2, 0.25) is 5.91 Å². The molecule has 5 saturated heterocycles. The number of hydrogen-bond acceptors (Lipinski definition) is 33. The fraction of sp³-hybridized carbons (Fsp3) is 0.780. The van der Waals surface area contributed by atoms with Crippen LogP contribution in [-0.4, -0.2) is 318 Å². The second kappa shape index (κ2) is 38.9. The van der Waals surface area contributed by atoms with Gasteiger partial charge in [0.1, 0.15) is 91.6 Å². The molecule has 0 aromatic heterocycles. The van der Waals surface area contributed by atoms with Crippen molar-refractivity contribution < 1.29 is 151 Å². The fourth-order valence-electron chi connectivity index (χ4n) is 9.95. The number of ether oxygens (including phenoxy) is 15. The van der Waals surface area contributed by atoms with E-state index in [0.29, 0.717) is 22.8 Å². The van der Waals surface area contributed by atoms with Crippen molar-refractivity contribution in [1.82, 2.24) is 0 Å². The van der Waals surface area contributed by atoms with E-state index in [4.69, 9.17) is 66.3 Å². The summed E-state index contributed by atoms with van der Waals surface area (Å²) >= 11 is 2.77. The first-order valence-corrected chi connectivity index (χ1v) is 32.7. The Bertz CT molecular complexity index is 2470. The lowest BCUT2D eigenvalue weighted by molar-refractivity contribution is -0.342. The molecular formula is C59H93NO31S2. The number of carbonyl (C=O) groups is 5. The average molecular weight is 1380 g/mol. The van der Waals surface area contributed by atoms with Crippen LogP contribution in [0.3, 0.4) is 0 Å². The van der Waals surface area contributed by atoms with E-state index in [9.17, 15) is 80.1 Å². The van der Waals surface area contributed by atoms with Crippen molar-refractivity contribution in [2.45, 2.75) is 182 Å². The van der Waals surface area contributed by atoms with Gasteiger partial charge < -0.3 is 133 Å². The first kappa shape index (κ1) is 79.8. The van der Waals surface area contributed by atoms with Crippen molar-refractivity contribution in [1.29, 1.82) is 0 Å². The molecule has 0 bridgehead atoms. The molecule has 1 amide bonds. The van der Waals surface area contributed by atoms with Crippen molar-refractivity contribution >= 4 is 59.0 Å². The Morgan fingerprint density at radius 2 is 1.00 bits per heavy atom. The van der Waals surface area contributed by atoms with Gasteiger partial charge in [-0.3, -0.25) is 14.4 Å². The molecule has 93 heavy (non-hydrogen) atoms. The highest BCUT2D eigenvalue weighted by atomic mass is 32.2. The molecular weight excluding hydrogens is 1280 g/mol. The number of anilines is 1. The Morgan fingerprint density at radius 1 is 0.570 bits per heavy atom. The molecule has 5 aliphatic rings. The van der Waals surface area contributed by atoms with Crippen LogP contribution in [0.25, 0.3) is 0 Å². The molecule has 6 rings (SSSR count). The third kappa shape index (κ3) is 22.3. The van der Waals surface area contributed by atoms with E-state index >= 15 is 0 Å². The molecule has 0 aliphatic carbocycles. The van der Waals surface area contributed by atoms with Crippen molar-refractivity contribution in [3.8, 4) is 0 Å². The van der Waals surface area contributed by atoms with Gasteiger partial charge in [-0.2, -0.15) is 23.5 Å². The van der Waals surface area contributed by atoms with E-state index in [1.165, 1.54) is 63.9 Å². The highest BCUT2D eigenvalue weighted by molar-refractivity contribution is 7.99. The van der Waals surface area contributed by atoms with Crippen LogP contribution < -0.4 is 5.32 Å². The maximum absolute atomic E-state index is 13.2. The first-order chi connectivity index (χ1) is 44.1. The zero-order chi connectivity index (χ0) is 69.0. The minimum absolute atomic E-state index is 0.00416. The zero-order valence-corrected chi connectivity index (χ0v) is 54.8. The Labute approximate surface area is 546 Å². The predicted molar refractivity (Wildman–Crippen MR) is 322 cm³/mol. The second-order valence-corrected chi connectivity index (χ2v) is 25.0. The molecule has 5 aliphatic heterocycles. The summed E-state index contributed by atoms with van der Waals surface area (Å²) in [4.78, 5) is 61.8. The molecule has 0 spiro atoms. The SMILES string of the molecule is C=C(C)C(=O)O[C@@H]1C(O)[C@@H](OCC)OC(CO[C@H]2OC(CO[C@H]3OC(COC)[C@@H](O)[C@H](OC(=O)C(C)CSCCC(=O)Nc4ccc(C(=O)OC)cc4)C3O)[C@@H](O)[C@H](O)C2O)[C@H]1O.COCC1O[C@H](OCC2OCC(C)[C@@H](O)[C@@H]2O)C(O)[C@@H](OC(=O)C(C)CSC)[C@@H]1O. The highest BCUT2D eigenvalue weighted by Gasteiger charge is 2.53. The van der Waals surface area contributed by atoms with Crippen molar-refractivity contribution in [2.75, 3.05) is 96.4 Å². The van der Waals surface area contributed by atoms with Gasteiger partial charge in [-0.15, -0.1) is 0 Å². The number of rotatable bonds is 30. The molecule has 12 N–H and O–H groups in total. The number of aliphatic hydroxyl groups is 11. The Morgan fingerprint density at radius 3 is 1.46 bits per heavy atom. The highest BCUT2D eigenvalue weighted by Crippen LogP contribution is 2.32. The van der Waals surface area contributed by atoms with E-state index in [1.807, 2.05) is 6.26 Å². The van der Waals surface area contributed by atoms with Crippen LogP contribution in [0.1, 0.15) is 51.4 Å². The lowest BCUT2D eigenvalue weighted by Crippen LogP contribution is -2.63. The van der Waals surface area contributed by atoms with Gasteiger partial charge in [0.15, 0.2) is 43.5 Å². The van der Waals surface area contributed by atoms with Crippen LogP contribution in [0.5, 0.6) is 0 Å². The van der Waals surface area contributed by atoms with Crippen molar-refractivity contribution in [2.24, 2.45) is 17.8 Å². The van der Waals surface area contributed by atoms with Crippen LogP contribution in [-0.2, 0) is 90.2 Å². The van der Waals surface area contributed by atoms with E-state index in [0.717, 1.165) is 0 Å². The monoisotopic (exact) mass is 1380 g/mol. The van der Waals surface area contributed by atoms with Gasteiger partial charge in [0.25, 0.3) is 0 Å². The van der Waals surface area contributed by atoms with Gasteiger partial charge in [-0.05, 0) is 44.4 Å².